The van der Waals surface area contributed by atoms with Crippen molar-refractivity contribution in [2.24, 2.45) is 11.7 Å². The Balaban J connectivity index is 1.99. The molecule has 0 spiro atoms. The van der Waals surface area contributed by atoms with Crippen LogP contribution >= 0.6 is 0 Å². The third-order valence-corrected chi connectivity index (χ3v) is 4.47. The van der Waals surface area contributed by atoms with Gasteiger partial charge in [-0.2, -0.15) is 0 Å². The smallest absolute Gasteiger partial charge is 0.236 e. The van der Waals surface area contributed by atoms with E-state index >= 15 is 0 Å². The second kappa shape index (κ2) is 5.83. The summed E-state index contributed by atoms with van der Waals surface area (Å²) in [6.45, 7) is 4.91. The Morgan fingerprint density at radius 1 is 1.35 bits per heavy atom. The van der Waals surface area contributed by atoms with Crippen LogP contribution in [0.4, 0.5) is 0 Å². The van der Waals surface area contributed by atoms with Crippen molar-refractivity contribution in [3.8, 4) is 0 Å². The number of hydrogen-bond acceptors (Lipinski definition) is 3. The summed E-state index contributed by atoms with van der Waals surface area (Å²) in [6.07, 6.45) is 6.71. The molecule has 1 aliphatic carbocycles. The Kier molecular flexibility index (Phi) is 4.40. The molecule has 2 unspecified atom stereocenters. The third-order valence-electron chi connectivity index (χ3n) is 4.47. The highest BCUT2D eigenvalue weighted by molar-refractivity contribution is 5.80. The van der Waals surface area contributed by atoms with Gasteiger partial charge in [0.1, 0.15) is 6.04 Å². The van der Waals surface area contributed by atoms with Crippen LogP contribution in [-0.4, -0.2) is 42.5 Å². The van der Waals surface area contributed by atoms with Crippen LogP contribution in [0, 0.1) is 5.92 Å². The minimum atomic E-state index is -0.181. The second-order valence-corrected chi connectivity index (χ2v) is 5.50. The molecule has 2 fully saturated rings. The van der Waals surface area contributed by atoms with E-state index in [0.29, 0.717) is 12.6 Å². The van der Waals surface area contributed by atoms with Crippen LogP contribution in [0.1, 0.15) is 39.0 Å². The van der Waals surface area contributed by atoms with Gasteiger partial charge >= 0.3 is 0 Å². The average Bonchev–Trinajstić information content (AvgIpc) is 2.39. The summed E-state index contributed by atoms with van der Waals surface area (Å²) in [5.74, 6) is 0.573. The summed E-state index contributed by atoms with van der Waals surface area (Å²) in [5.41, 5.74) is 5.50. The zero-order chi connectivity index (χ0) is 12.3. The number of nitrogens with zero attached hydrogens (tertiary/aromatic N) is 1. The number of nitrogens with two attached hydrogens (primary N) is 1. The van der Waals surface area contributed by atoms with Gasteiger partial charge in [0.15, 0.2) is 0 Å². The number of hydrogen-bond donors (Lipinski definition) is 2. The van der Waals surface area contributed by atoms with Crippen LogP contribution in [0.15, 0.2) is 0 Å². The first kappa shape index (κ1) is 12.8. The van der Waals surface area contributed by atoms with Crippen LogP contribution in [0.2, 0.25) is 0 Å². The highest BCUT2D eigenvalue weighted by Crippen LogP contribution is 2.29. The van der Waals surface area contributed by atoms with E-state index in [1.165, 1.54) is 32.1 Å². The van der Waals surface area contributed by atoms with Gasteiger partial charge in [0.2, 0.25) is 5.91 Å². The molecule has 1 aliphatic heterocycles. The minimum Gasteiger partial charge on any atom is -0.368 e. The lowest BCUT2D eigenvalue weighted by Gasteiger charge is -2.42. The third kappa shape index (κ3) is 2.99. The van der Waals surface area contributed by atoms with E-state index < -0.39 is 0 Å². The molecule has 1 heterocycles. The number of amides is 1. The molecule has 1 amide bonds. The summed E-state index contributed by atoms with van der Waals surface area (Å²) in [4.78, 5) is 13.8. The molecule has 0 aromatic heterocycles. The standard InChI is InChI=1S/C13H25N3O/c1-10(11-5-3-2-4-6-11)16-8-7-15-9-12(16)13(14)17/h10-12,15H,2-9H2,1H3,(H2,14,17). The van der Waals surface area contributed by atoms with Gasteiger partial charge in [-0.15, -0.1) is 0 Å². The zero-order valence-corrected chi connectivity index (χ0v) is 10.8. The summed E-state index contributed by atoms with van der Waals surface area (Å²) in [5, 5.41) is 3.26. The van der Waals surface area contributed by atoms with E-state index in [0.717, 1.165) is 19.0 Å². The molecule has 17 heavy (non-hydrogen) atoms. The lowest BCUT2D eigenvalue weighted by molar-refractivity contribution is -0.125. The van der Waals surface area contributed by atoms with Crippen molar-refractivity contribution in [1.82, 2.24) is 10.2 Å². The minimum absolute atomic E-state index is 0.110. The second-order valence-electron chi connectivity index (χ2n) is 5.50. The normalized spacial score (nSPS) is 30.1. The van der Waals surface area contributed by atoms with Crippen molar-refractivity contribution in [1.29, 1.82) is 0 Å². The molecular weight excluding hydrogens is 214 g/mol. The van der Waals surface area contributed by atoms with Crippen molar-refractivity contribution in [2.45, 2.75) is 51.1 Å². The molecule has 0 aromatic rings. The van der Waals surface area contributed by atoms with Gasteiger partial charge in [0, 0.05) is 25.7 Å². The van der Waals surface area contributed by atoms with E-state index in [-0.39, 0.29) is 11.9 Å². The molecular formula is C13H25N3O. The maximum Gasteiger partial charge on any atom is 0.236 e. The first-order chi connectivity index (χ1) is 8.20. The molecule has 3 N–H and O–H groups in total. The van der Waals surface area contributed by atoms with Gasteiger partial charge in [-0.25, -0.2) is 0 Å². The highest BCUT2D eigenvalue weighted by Gasteiger charge is 2.34. The largest absolute Gasteiger partial charge is 0.368 e. The number of carbonyl (C=O) groups is 1. The Hall–Kier alpha value is -0.610. The van der Waals surface area contributed by atoms with Gasteiger partial charge in [0.05, 0.1) is 0 Å². The van der Waals surface area contributed by atoms with Gasteiger partial charge in [-0.05, 0) is 25.7 Å². The van der Waals surface area contributed by atoms with Crippen molar-refractivity contribution in [3.63, 3.8) is 0 Å². The Bertz CT molecular complexity index is 263. The Morgan fingerprint density at radius 2 is 2.06 bits per heavy atom. The molecule has 2 aliphatic rings. The number of nitrogens with one attached hydrogen (secondary N) is 1. The first-order valence-electron chi connectivity index (χ1n) is 6.96. The fourth-order valence-electron chi connectivity index (χ4n) is 3.36. The molecule has 0 radical (unpaired) electrons. The van der Waals surface area contributed by atoms with Crippen LogP contribution < -0.4 is 11.1 Å². The summed E-state index contributed by atoms with van der Waals surface area (Å²) >= 11 is 0. The number of rotatable bonds is 3. The maximum absolute atomic E-state index is 11.5. The Morgan fingerprint density at radius 3 is 2.71 bits per heavy atom. The molecule has 4 heteroatoms. The van der Waals surface area contributed by atoms with Crippen LogP contribution in [0.25, 0.3) is 0 Å². The highest BCUT2D eigenvalue weighted by atomic mass is 16.1. The predicted octanol–water partition coefficient (Wildman–Crippen LogP) is 0.714. The van der Waals surface area contributed by atoms with Gasteiger partial charge in [-0.1, -0.05) is 19.3 Å². The molecule has 0 aromatic carbocycles. The van der Waals surface area contributed by atoms with Gasteiger partial charge < -0.3 is 11.1 Å². The van der Waals surface area contributed by atoms with E-state index in [2.05, 4.69) is 17.1 Å². The quantitative estimate of drug-likeness (QED) is 0.763. The van der Waals surface area contributed by atoms with E-state index in [1.807, 2.05) is 0 Å². The van der Waals surface area contributed by atoms with Crippen LogP contribution in [-0.2, 0) is 4.79 Å². The molecule has 1 saturated heterocycles. The van der Waals surface area contributed by atoms with E-state index in [4.69, 9.17) is 5.73 Å². The van der Waals surface area contributed by atoms with Crippen molar-refractivity contribution >= 4 is 5.91 Å². The van der Waals surface area contributed by atoms with Crippen molar-refractivity contribution < 1.29 is 4.79 Å². The lowest BCUT2D eigenvalue weighted by Crippen LogP contribution is -2.60. The van der Waals surface area contributed by atoms with Crippen molar-refractivity contribution in [3.05, 3.63) is 0 Å². The molecule has 1 saturated carbocycles. The monoisotopic (exact) mass is 239 g/mol. The van der Waals surface area contributed by atoms with E-state index in [9.17, 15) is 4.79 Å². The number of carbonyl (C=O) groups excluding carboxylic acids is 1. The molecule has 0 bridgehead atoms. The topological polar surface area (TPSA) is 58.4 Å². The van der Waals surface area contributed by atoms with Gasteiger partial charge in [0.25, 0.3) is 0 Å². The lowest BCUT2D eigenvalue weighted by atomic mass is 9.83. The number of piperazine rings is 1. The zero-order valence-electron chi connectivity index (χ0n) is 10.8. The summed E-state index contributed by atoms with van der Waals surface area (Å²) in [6, 6.07) is 0.385. The SMILES string of the molecule is CC(C1CCCCC1)N1CCNCC1C(N)=O. The summed E-state index contributed by atoms with van der Waals surface area (Å²) in [7, 11) is 0. The predicted molar refractivity (Wildman–Crippen MR) is 68.6 cm³/mol. The first-order valence-corrected chi connectivity index (χ1v) is 6.96. The maximum atomic E-state index is 11.5. The fraction of sp³-hybridized carbons (Fsp3) is 0.923. The molecule has 2 rings (SSSR count). The molecule has 4 nitrogen and oxygen atoms in total. The van der Waals surface area contributed by atoms with Gasteiger partial charge in [-0.3, -0.25) is 9.69 Å². The Labute approximate surface area is 104 Å². The molecule has 98 valence electrons. The van der Waals surface area contributed by atoms with E-state index in [1.54, 1.807) is 0 Å². The fourth-order valence-corrected chi connectivity index (χ4v) is 3.36. The average molecular weight is 239 g/mol. The number of primary amides is 1. The van der Waals surface area contributed by atoms with Crippen molar-refractivity contribution in [2.75, 3.05) is 19.6 Å². The van der Waals surface area contributed by atoms with Crippen LogP contribution in [0.3, 0.4) is 0 Å². The molecule has 2 atom stereocenters. The van der Waals surface area contributed by atoms with Crippen LogP contribution in [0.5, 0.6) is 0 Å². The summed E-state index contributed by atoms with van der Waals surface area (Å²) < 4.78 is 0.